The van der Waals surface area contributed by atoms with Crippen molar-refractivity contribution >= 4 is 82.4 Å². The third kappa shape index (κ3) is 9.64. The van der Waals surface area contributed by atoms with Crippen LogP contribution in [0, 0.1) is 5.95 Å². The van der Waals surface area contributed by atoms with E-state index in [4.69, 9.17) is 0 Å². The van der Waals surface area contributed by atoms with Crippen molar-refractivity contribution < 1.29 is 26.8 Å². The predicted octanol–water partition coefficient (Wildman–Crippen LogP) is 8.53. The van der Waals surface area contributed by atoms with E-state index in [0.29, 0.717) is 0 Å². The molecule has 9 aromatic rings. The summed E-state index contributed by atoms with van der Waals surface area (Å²) in [5.41, 5.74) is 0.763. The van der Waals surface area contributed by atoms with Crippen LogP contribution in [0.25, 0.3) is 10.9 Å². The number of halogens is 1. The molecule has 0 saturated carbocycles. The van der Waals surface area contributed by atoms with Crippen molar-refractivity contribution in [2.75, 3.05) is 0 Å². The molecule has 1 nitrogen and oxygen atoms in total. The summed E-state index contributed by atoms with van der Waals surface area (Å²) in [6.07, 6.45) is 0. The Morgan fingerprint density at radius 1 is 0.281 bits per heavy atom. The normalized spacial score (nSPS) is 10.9. The summed E-state index contributed by atoms with van der Waals surface area (Å²) >= 11 is 0. The van der Waals surface area contributed by atoms with Crippen molar-refractivity contribution in [3.8, 4) is 0 Å². The van der Waals surface area contributed by atoms with Gasteiger partial charge in [-0.3, -0.25) is 0 Å². The van der Waals surface area contributed by atoms with Crippen molar-refractivity contribution in [3.63, 3.8) is 0 Å². The van der Waals surface area contributed by atoms with Gasteiger partial charge in [-0.2, -0.15) is 4.39 Å². The van der Waals surface area contributed by atoms with Crippen LogP contribution in [0.4, 0.5) is 4.39 Å². The summed E-state index contributed by atoms with van der Waals surface area (Å²) < 4.78 is 13.8. The molecule has 0 unspecified atom stereocenters. The smallest absolute Gasteiger partial charge is 0.213 e. The Bertz CT molecular complexity index is 2380. The second-order valence-electron chi connectivity index (χ2n) is 13.4. The van der Waals surface area contributed by atoms with Gasteiger partial charge in [0.15, 0.2) is 0 Å². The van der Waals surface area contributed by atoms with Gasteiger partial charge in [-0.1, -0.05) is 133 Å². The molecule has 0 atom stereocenters. The Morgan fingerprint density at radius 2 is 0.561 bits per heavy atom. The molecule has 0 aliphatic rings. The number of nitrogens with zero attached hydrogens (tertiary/aromatic N) is 1. The molecule has 1 aromatic heterocycles. The summed E-state index contributed by atoms with van der Waals surface area (Å²) in [4.78, 5) is 4.21. The minimum absolute atomic E-state index is 0. The van der Waals surface area contributed by atoms with Crippen molar-refractivity contribution in [2.45, 2.75) is 0 Å². The fourth-order valence-corrected chi connectivity index (χ4v) is 16.0. The maximum atomic E-state index is 13.8. The zero-order valence-corrected chi connectivity index (χ0v) is 35.6. The molecule has 8 aromatic carbocycles. The molecule has 0 fully saturated rings. The van der Waals surface area contributed by atoms with E-state index in [-0.39, 0.29) is 22.4 Å². The number of fused-ring (bicyclic) bond motifs is 1. The van der Waals surface area contributed by atoms with Gasteiger partial charge in [0.05, 0.1) is 0 Å². The van der Waals surface area contributed by atoms with Gasteiger partial charge >= 0.3 is 0 Å². The van der Waals surface area contributed by atoms with E-state index in [1.165, 1.54) is 48.5 Å². The maximum absolute atomic E-state index is 13.8. The van der Waals surface area contributed by atoms with Crippen LogP contribution in [0.1, 0.15) is 0 Å². The third-order valence-corrected chi connectivity index (χ3v) is 18.4. The second kappa shape index (κ2) is 20.0. The molecule has 0 amide bonds. The third-order valence-electron chi connectivity index (χ3n) is 9.80. The van der Waals surface area contributed by atoms with Crippen molar-refractivity contribution in [1.82, 2.24) is 4.98 Å². The summed E-state index contributed by atoms with van der Waals surface area (Å²) in [7, 11) is -3.53. The number of rotatable bonds is 9. The van der Waals surface area contributed by atoms with E-state index in [0.717, 1.165) is 16.2 Å². The first-order valence-electron chi connectivity index (χ1n) is 18.8. The number of para-hydroxylation sites is 1. The van der Waals surface area contributed by atoms with Crippen molar-refractivity contribution in [3.05, 3.63) is 243 Å². The average molecular weight is 889 g/mol. The Balaban J connectivity index is 0.000000178. The molecule has 0 aliphatic carbocycles. The first-order chi connectivity index (χ1) is 27.7. The maximum Gasteiger partial charge on any atom is 0.213 e. The molecule has 0 saturated heterocycles. The van der Waals surface area contributed by atoms with Gasteiger partial charge in [0.25, 0.3) is 0 Å². The summed E-state index contributed by atoms with van der Waals surface area (Å²) in [6.45, 7) is 0. The van der Waals surface area contributed by atoms with E-state index >= 15 is 0 Å². The summed E-state index contributed by atoms with van der Waals surface area (Å²) in [5.74, 6) is -0.433. The SMILES string of the molecule is Fc1ccc2cccc([PH+](c3ccccc3)c3ccccc3)c2n1.[Ag].c1ccc([PH+](c2ccccc2)c2ccccc2[PH+](c2ccccc2)c2ccccc2)cc1. The molecule has 1 radical (unpaired) electrons. The Hall–Kier alpha value is -4.87. The molecular formula is C51H42AgFNP3+3. The molecule has 6 heteroatoms. The van der Waals surface area contributed by atoms with Crippen LogP contribution in [-0.4, -0.2) is 4.98 Å². The molecule has 281 valence electrons. The molecule has 0 bridgehead atoms. The average Bonchev–Trinajstić information content (AvgIpc) is 3.27. The fourth-order valence-electron chi connectivity index (χ4n) is 7.31. The predicted molar refractivity (Wildman–Crippen MR) is 248 cm³/mol. The van der Waals surface area contributed by atoms with E-state index < -0.39 is 29.7 Å². The van der Waals surface area contributed by atoms with Crippen LogP contribution in [0.3, 0.4) is 0 Å². The fraction of sp³-hybridized carbons (Fsp3) is 0. The van der Waals surface area contributed by atoms with Crippen LogP contribution in [0.2, 0.25) is 0 Å². The zero-order valence-electron chi connectivity index (χ0n) is 31.1. The van der Waals surface area contributed by atoms with Crippen LogP contribution in [0.5, 0.6) is 0 Å². The molecule has 0 aliphatic heterocycles. The Labute approximate surface area is 354 Å². The summed E-state index contributed by atoms with van der Waals surface area (Å²) in [6, 6.07) is 83.6. The summed E-state index contributed by atoms with van der Waals surface area (Å²) in [5, 5.41) is 13.3. The quantitative estimate of drug-likeness (QED) is 0.0806. The van der Waals surface area contributed by atoms with Gasteiger partial charge in [-0.05, 0) is 103 Å². The van der Waals surface area contributed by atoms with Crippen molar-refractivity contribution in [2.24, 2.45) is 0 Å². The minimum Gasteiger partial charge on any atom is -0.215 e. The molecule has 9 rings (SSSR count). The molecule has 57 heavy (non-hydrogen) atoms. The van der Waals surface area contributed by atoms with Crippen LogP contribution >= 0.6 is 23.8 Å². The largest absolute Gasteiger partial charge is 0.215 e. The van der Waals surface area contributed by atoms with Crippen LogP contribution in [-0.2, 0) is 22.4 Å². The molecular weight excluding hydrogens is 846 g/mol. The van der Waals surface area contributed by atoms with E-state index in [1.807, 2.05) is 24.3 Å². The van der Waals surface area contributed by atoms with E-state index in [1.54, 1.807) is 6.07 Å². The molecule has 0 N–H and O–H groups in total. The molecule has 1 heterocycles. The van der Waals surface area contributed by atoms with Gasteiger partial charge in [0, 0.05) is 27.8 Å². The van der Waals surface area contributed by atoms with E-state index in [9.17, 15) is 4.39 Å². The monoisotopic (exact) mass is 887 g/mol. The Morgan fingerprint density at radius 3 is 0.895 bits per heavy atom. The number of pyridine rings is 1. The van der Waals surface area contributed by atoms with Gasteiger partial charge in [0.1, 0.15) is 77.0 Å². The second-order valence-corrected chi connectivity index (χ2v) is 20.7. The number of hydrogen-bond acceptors (Lipinski definition) is 1. The first kappa shape index (κ1) is 40.3. The van der Waals surface area contributed by atoms with Gasteiger partial charge in [0.2, 0.25) is 5.95 Å². The van der Waals surface area contributed by atoms with Gasteiger partial charge in [-0.25, -0.2) is 4.98 Å². The topological polar surface area (TPSA) is 12.9 Å². The number of benzene rings is 8. The van der Waals surface area contributed by atoms with Crippen LogP contribution < -0.4 is 47.7 Å². The van der Waals surface area contributed by atoms with Gasteiger partial charge < -0.3 is 0 Å². The Kier molecular flexibility index (Phi) is 14.2. The number of hydrogen-bond donors (Lipinski definition) is 0. The minimum atomic E-state index is -1.25. The zero-order chi connectivity index (χ0) is 37.9. The van der Waals surface area contributed by atoms with Crippen molar-refractivity contribution in [1.29, 1.82) is 0 Å². The van der Waals surface area contributed by atoms with Gasteiger partial charge in [-0.15, -0.1) is 0 Å². The first-order valence-corrected chi connectivity index (χ1v) is 23.3. The van der Waals surface area contributed by atoms with E-state index in [2.05, 4.69) is 205 Å². The standard InChI is InChI=1S/C30H24P2.C21H15FNP.Ag/c1-5-15-25(16-6-1)31(26-17-7-2-8-18-26)29-23-13-14-24-30(29)32(27-19-9-3-10-20-27)28-21-11-4-12-22-28;22-20-15-14-16-8-7-13-19(21(16)23-20)24(17-9-3-1-4-10-17)18-11-5-2-6-12-18;/h1-24H;1-15H;/p+3. The molecule has 0 spiro atoms. The number of aromatic nitrogens is 1. The van der Waals surface area contributed by atoms with Crippen LogP contribution in [0.15, 0.2) is 237 Å².